The summed E-state index contributed by atoms with van der Waals surface area (Å²) in [5.74, 6) is 4.39. The van der Waals surface area contributed by atoms with Crippen LogP contribution < -0.4 is 10.1 Å². The Morgan fingerprint density at radius 2 is 2.13 bits per heavy atom. The van der Waals surface area contributed by atoms with Gasteiger partial charge in [0.05, 0.1) is 13.3 Å². The van der Waals surface area contributed by atoms with Crippen molar-refractivity contribution in [3.8, 4) is 17.6 Å². The van der Waals surface area contributed by atoms with Gasteiger partial charge in [-0.25, -0.2) is 0 Å². The molecule has 4 nitrogen and oxygen atoms in total. The van der Waals surface area contributed by atoms with Gasteiger partial charge in [0.15, 0.2) is 0 Å². The average molecular weight is 322 g/mol. The molecule has 2 aliphatic rings. The van der Waals surface area contributed by atoms with E-state index in [-0.39, 0.29) is 22.9 Å². The van der Waals surface area contributed by atoms with Crippen LogP contribution in [0.5, 0.6) is 5.75 Å². The van der Waals surface area contributed by atoms with E-state index in [0.29, 0.717) is 6.21 Å². The van der Waals surface area contributed by atoms with E-state index < -0.39 is 17.6 Å². The molecule has 0 bridgehead atoms. The molecule has 0 saturated heterocycles. The SMILES string of the molecule is COc1ccc2c(c1)C(C#CC1CC1)(C(F)(F)F)N=CC(=O)N2. The number of carbonyl (C=O) groups is 1. The van der Waals surface area contributed by atoms with Gasteiger partial charge in [0.2, 0.25) is 5.54 Å². The first-order valence-corrected chi connectivity index (χ1v) is 7.00. The molecule has 1 aromatic rings. The fourth-order valence-corrected chi connectivity index (χ4v) is 2.28. The van der Waals surface area contributed by atoms with Gasteiger partial charge >= 0.3 is 6.18 Å². The second kappa shape index (κ2) is 5.30. The zero-order valence-electron chi connectivity index (χ0n) is 12.2. The summed E-state index contributed by atoms with van der Waals surface area (Å²) in [5.41, 5.74) is -2.99. The summed E-state index contributed by atoms with van der Waals surface area (Å²) in [6.07, 6.45) is -2.57. The number of ether oxygens (including phenoxy) is 1. The molecule has 1 heterocycles. The van der Waals surface area contributed by atoms with Crippen molar-refractivity contribution in [1.29, 1.82) is 0 Å². The van der Waals surface area contributed by atoms with E-state index in [4.69, 9.17) is 4.74 Å². The molecule has 120 valence electrons. The van der Waals surface area contributed by atoms with Gasteiger partial charge in [0.25, 0.3) is 5.91 Å². The maximum Gasteiger partial charge on any atom is 0.429 e. The topological polar surface area (TPSA) is 50.7 Å². The lowest BCUT2D eigenvalue weighted by Gasteiger charge is -2.28. The standard InChI is InChI=1S/C16H13F3N2O2/c1-23-11-4-5-13-12(8-11)15(16(17,18)19,7-6-10-2-3-10)20-9-14(22)21-13/h4-5,8-10H,2-3H2,1H3,(H,21,22). The number of fused-ring (bicyclic) bond motifs is 1. The number of nitrogens with one attached hydrogen (secondary N) is 1. The van der Waals surface area contributed by atoms with Crippen LogP contribution in [0.25, 0.3) is 0 Å². The highest BCUT2D eigenvalue weighted by atomic mass is 19.4. The number of aliphatic imine (C=N–C) groups is 1. The molecule has 0 aromatic heterocycles. The molecule has 3 rings (SSSR count). The molecule has 0 spiro atoms. The fraction of sp³-hybridized carbons (Fsp3) is 0.375. The molecule has 1 aliphatic heterocycles. The highest BCUT2D eigenvalue weighted by Crippen LogP contribution is 2.47. The highest BCUT2D eigenvalue weighted by Gasteiger charge is 2.57. The van der Waals surface area contributed by atoms with E-state index >= 15 is 0 Å². The van der Waals surface area contributed by atoms with Crippen molar-refractivity contribution >= 4 is 17.8 Å². The summed E-state index contributed by atoms with van der Waals surface area (Å²) in [6.45, 7) is 0. The van der Waals surface area contributed by atoms with E-state index in [9.17, 15) is 18.0 Å². The minimum absolute atomic E-state index is 0.0238. The smallest absolute Gasteiger partial charge is 0.429 e. The van der Waals surface area contributed by atoms with Gasteiger partial charge in [-0.15, -0.1) is 0 Å². The summed E-state index contributed by atoms with van der Waals surface area (Å²) in [5, 5.41) is 2.39. The van der Waals surface area contributed by atoms with Crippen molar-refractivity contribution < 1.29 is 22.7 Å². The molecular weight excluding hydrogens is 309 g/mol. The Labute approximate surface area is 130 Å². The van der Waals surface area contributed by atoms with Gasteiger partial charge in [-0.1, -0.05) is 11.8 Å². The maximum atomic E-state index is 13.9. The van der Waals surface area contributed by atoms with E-state index in [2.05, 4.69) is 22.2 Å². The van der Waals surface area contributed by atoms with Crippen LogP contribution in [0, 0.1) is 17.8 Å². The lowest BCUT2D eigenvalue weighted by Crippen LogP contribution is -2.39. The predicted molar refractivity (Wildman–Crippen MR) is 78.3 cm³/mol. The first-order chi connectivity index (χ1) is 10.9. The molecule has 7 heteroatoms. The highest BCUT2D eigenvalue weighted by molar-refractivity contribution is 6.32. The third kappa shape index (κ3) is 2.77. The van der Waals surface area contributed by atoms with Crippen LogP contribution in [0.1, 0.15) is 18.4 Å². The summed E-state index contributed by atoms with van der Waals surface area (Å²) < 4.78 is 46.7. The van der Waals surface area contributed by atoms with Crippen molar-refractivity contribution in [2.24, 2.45) is 10.9 Å². The van der Waals surface area contributed by atoms with Crippen LogP contribution in [0.4, 0.5) is 18.9 Å². The Morgan fingerprint density at radius 3 is 2.74 bits per heavy atom. The second-order valence-corrected chi connectivity index (χ2v) is 5.41. The second-order valence-electron chi connectivity index (χ2n) is 5.41. The van der Waals surface area contributed by atoms with Crippen LogP contribution in [-0.4, -0.2) is 25.4 Å². The molecule has 1 N–H and O–H groups in total. The molecule has 1 saturated carbocycles. The van der Waals surface area contributed by atoms with E-state index in [1.165, 1.54) is 25.3 Å². The van der Waals surface area contributed by atoms with Crippen LogP contribution in [0.3, 0.4) is 0 Å². The van der Waals surface area contributed by atoms with Crippen LogP contribution in [0.15, 0.2) is 23.2 Å². The molecule has 1 unspecified atom stereocenters. The van der Waals surface area contributed by atoms with Gasteiger partial charge in [0.1, 0.15) is 5.75 Å². The molecule has 1 aromatic carbocycles. The summed E-state index contributed by atoms with van der Waals surface area (Å²) >= 11 is 0. The van der Waals surface area contributed by atoms with Crippen molar-refractivity contribution in [3.05, 3.63) is 23.8 Å². The number of hydrogen-bond donors (Lipinski definition) is 1. The van der Waals surface area contributed by atoms with Crippen LogP contribution in [0.2, 0.25) is 0 Å². The Morgan fingerprint density at radius 1 is 1.39 bits per heavy atom. The molecule has 0 radical (unpaired) electrons. The summed E-state index contributed by atoms with van der Waals surface area (Å²) in [6, 6.07) is 4.05. The lowest BCUT2D eigenvalue weighted by molar-refractivity contribution is -0.170. The summed E-state index contributed by atoms with van der Waals surface area (Å²) in [7, 11) is 1.35. The first-order valence-electron chi connectivity index (χ1n) is 7.00. The monoisotopic (exact) mass is 322 g/mol. The number of rotatable bonds is 1. The number of amides is 1. The maximum absolute atomic E-state index is 13.9. The Balaban J connectivity index is 2.27. The van der Waals surface area contributed by atoms with Crippen LogP contribution in [-0.2, 0) is 10.3 Å². The zero-order valence-corrected chi connectivity index (χ0v) is 12.2. The van der Waals surface area contributed by atoms with Gasteiger partial charge in [0, 0.05) is 17.2 Å². The molecule has 1 aliphatic carbocycles. The minimum Gasteiger partial charge on any atom is -0.497 e. The molecule has 23 heavy (non-hydrogen) atoms. The third-order valence-corrected chi connectivity index (χ3v) is 3.69. The van der Waals surface area contributed by atoms with Crippen molar-refractivity contribution in [3.63, 3.8) is 0 Å². The first kappa shape index (κ1) is 15.4. The number of carbonyl (C=O) groups excluding carboxylic acids is 1. The number of benzene rings is 1. The third-order valence-electron chi connectivity index (χ3n) is 3.69. The minimum atomic E-state index is -4.78. The number of halogens is 3. The van der Waals surface area contributed by atoms with Gasteiger partial charge < -0.3 is 10.1 Å². The van der Waals surface area contributed by atoms with Crippen molar-refractivity contribution in [2.75, 3.05) is 12.4 Å². The van der Waals surface area contributed by atoms with Gasteiger partial charge in [-0.05, 0) is 31.0 Å². The number of methoxy groups -OCH3 is 1. The Kier molecular flexibility index (Phi) is 3.55. The largest absolute Gasteiger partial charge is 0.497 e. The van der Waals surface area contributed by atoms with E-state index in [1.54, 1.807) is 0 Å². The van der Waals surface area contributed by atoms with Crippen LogP contribution >= 0.6 is 0 Å². The number of anilines is 1. The van der Waals surface area contributed by atoms with E-state index in [0.717, 1.165) is 12.8 Å². The van der Waals surface area contributed by atoms with Gasteiger partial charge in [-0.2, -0.15) is 13.2 Å². The number of hydrogen-bond acceptors (Lipinski definition) is 3. The Hall–Kier alpha value is -2.49. The van der Waals surface area contributed by atoms with Crippen molar-refractivity contribution in [2.45, 2.75) is 24.6 Å². The lowest BCUT2D eigenvalue weighted by atomic mass is 9.88. The van der Waals surface area contributed by atoms with E-state index in [1.807, 2.05) is 0 Å². The normalized spacial score (nSPS) is 23.2. The fourth-order valence-electron chi connectivity index (χ4n) is 2.28. The quantitative estimate of drug-likeness (QED) is 0.808. The van der Waals surface area contributed by atoms with Crippen molar-refractivity contribution in [1.82, 2.24) is 0 Å². The Bertz CT molecular complexity index is 742. The molecular formula is C16H13F3N2O2. The zero-order chi connectivity index (χ0) is 16.7. The number of nitrogens with zero attached hydrogens (tertiary/aromatic N) is 1. The molecule has 1 amide bonds. The number of alkyl halides is 3. The molecule has 1 atom stereocenters. The van der Waals surface area contributed by atoms with Gasteiger partial charge in [-0.3, -0.25) is 9.79 Å². The molecule has 1 fully saturated rings. The summed E-state index contributed by atoms with van der Waals surface area (Å²) in [4.78, 5) is 15.2. The predicted octanol–water partition coefficient (Wildman–Crippen LogP) is 2.89. The average Bonchev–Trinajstić information content (AvgIpc) is 3.31.